The minimum absolute atomic E-state index is 0.0725. The molecule has 6 nitrogen and oxygen atoms in total. The molecule has 21 heavy (non-hydrogen) atoms. The van der Waals surface area contributed by atoms with E-state index in [0.717, 1.165) is 10.6 Å². The number of carbonyl (C=O) groups excluding carboxylic acids is 2. The highest BCUT2D eigenvalue weighted by Crippen LogP contribution is 2.03. The summed E-state index contributed by atoms with van der Waals surface area (Å²) in [4.78, 5) is 26.6. The number of amides is 2. The second-order valence-corrected chi connectivity index (χ2v) is 5.22. The van der Waals surface area contributed by atoms with E-state index in [9.17, 15) is 9.59 Å². The van der Waals surface area contributed by atoms with Crippen molar-refractivity contribution in [2.24, 2.45) is 0 Å². The predicted molar refractivity (Wildman–Crippen MR) is 79.1 cm³/mol. The van der Waals surface area contributed by atoms with Crippen molar-refractivity contribution in [2.75, 3.05) is 51.8 Å². The van der Waals surface area contributed by atoms with E-state index in [0.29, 0.717) is 32.8 Å². The van der Waals surface area contributed by atoms with Gasteiger partial charge in [-0.2, -0.15) is 0 Å². The van der Waals surface area contributed by atoms with E-state index in [4.69, 9.17) is 4.74 Å². The molecule has 1 aromatic rings. The van der Waals surface area contributed by atoms with Crippen molar-refractivity contribution in [3.8, 4) is 0 Å². The molecule has 0 bridgehead atoms. The van der Waals surface area contributed by atoms with Gasteiger partial charge in [0.1, 0.15) is 0 Å². The number of likely N-dealkylation sites (N-methyl/N-ethyl adjacent to an activating group) is 1. The van der Waals surface area contributed by atoms with Crippen LogP contribution in [0.4, 0.5) is 5.69 Å². The zero-order valence-electron chi connectivity index (χ0n) is 12.3. The lowest BCUT2D eigenvalue weighted by molar-refractivity contribution is -0.862. The number of hydrogen-bond acceptors (Lipinski definition) is 3. The average Bonchev–Trinajstić information content (AvgIpc) is 2.48. The van der Waals surface area contributed by atoms with E-state index in [1.54, 1.807) is 4.90 Å². The van der Waals surface area contributed by atoms with Crippen LogP contribution in [0.1, 0.15) is 0 Å². The van der Waals surface area contributed by atoms with Crippen molar-refractivity contribution >= 4 is 17.5 Å². The minimum Gasteiger partial charge on any atom is -0.378 e. The van der Waals surface area contributed by atoms with E-state index in [1.807, 2.05) is 37.4 Å². The van der Waals surface area contributed by atoms with Gasteiger partial charge >= 0.3 is 0 Å². The van der Waals surface area contributed by atoms with Gasteiger partial charge in [0.05, 0.1) is 20.3 Å². The van der Waals surface area contributed by atoms with Gasteiger partial charge in [-0.1, -0.05) is 18.2 Å². The van der Waals surface area contributed by atoms with Crippen molar-refractivity contribution in [2.45, 2.75) is 0 Å². The first-order chi connectivity index (χ1) is 10.1. The minimum atomic E-state index is -0.0894. The fraction of sp³-hybridized carbons (Fsp3) is 0.467. The topological polar surface area (TPSA) is 63.1 Å². The molecule has 2 amide bonds. The van der Waals surface area contributed by atoms with Gasteiger partial charge in [-0.25, -0.2) is 0 Å². The molecular formula is C15H22N3O3+. The summed E-state index contributed by atoms with van der Waals surface area (Å²) in [5, 5.41) is 2.82. The number of benzene rings is 1. The summed E-state index contributed by atoms with van der Waals surface area (Å²) in [6, 6.07) is 9.31. The summed E-state index contributed by atoms with van der Waals surface area (Å²) in [6.07, 6.45) is 0. The third kappa shape index (κ3) is 5.17. The van der Waals surface area contributed by atoms with Gasteiger partial charge in [0, 0.05) is 18.8 Å². The zero-order valence-corrected chi connectivity index (χ0v) is 12.3. The lowest BCUT2D eigenvalue weighted by Gasteiger charge is -2.27. The molecule has 1 saturated heterocycles. The Morgan fingerprint density at radius 3 is 2.52 bits per heavy atom. The summed E-state index contributed by atoms with van der Waals surface area (Å²) < 4.78 is 5.22. The maximum absolute atomic E-state index is 12.1. The fourth-order valence-corrected chi connectivity index (χ4v) is 2.25. The first-order valence-corrected chi connectivity index (χ1v) is 7.17. The highest BCUT2D eigenvalue weighted by atomic mass is 16.5. The van der Waals surface area contributed by atoms with Gasteiger partial charge < -0.3 is 19.9 Å². The molecule has 1 fully saturated rings. The number of ether oxygens (including phenoxy) is 1. The van der Waals surface area contributed by atoms with E-state index >= 15 is 0 Å². The maximum atomic E-state index is 12.1. The standard InChI is InChI=1S/C15H21N3O3/c1-17(12-15(20)18-7-9-21-10-8-18)11-14(19)16-13-5-3-2-4-6-13/h2-6H,7-12H2,1H3,(H,16,19)/p+1. The van der Waals surface area contributed by atoms with E-state index in [-0.39, 0.29) is 18.4 Å². The monoisotopic (exact) mass is 292 g/mol. The third-order valence-electron chi connectivity index (χ3n) is 3.34. The predicted octanol–water partition coefficient (Wildman–Crippen LogP) is -1.00. The Bertz CT molecular complexity index is 472. The third-order valence-corrected chi connectivity index (χ3v) is 3.34. The number of anilines is 1. The highest BCUT2D eigenvalue weighted by Gasteiger charge is 2.21. The molecule has 1 aromatic carbocycles. The first kappa shape index (κ1) is 15.5. The number of rotatable bonds is 5. The molecule has 114 valence electrons. The van der Waals surface area contributed by atoms with E-state index in [1.165, 1.54) is 0 Å². The molecular weight excluding hydrogens is 270 g/mol. The van der Waals surface area contributed by atoms with Crippen molar-refractivity contribution in [1.82, 2.24) is 4.90 Å². The van der Waals surface area contributed by atoms with Crippen LogP contribution in [-0.2, 0) is 14.3 Å². The number of morpholine rings is 1. The van der Waals surface area contributed by atoms with Gasteiger partial charge in [-0.3, -0.25) is 9.59 Å². The van der Waals surface area contributed by atoms with Gasteiger partial charge in [-0.05, 0) is 12.1 Å². The molecule has 6 heteroatoms. The lowest BCUT2D eigenvalue weighted by atomic mass is 10.3. The zero-order chi connectivity index (χ0) is 15.1. The van der Waals surface area contributed by atoms with Gasteiger partial charge in [-0.15, -0.1) is 0 Å². The van der Waals surface area contributed by atoms with Crippen LogP contribution in [-0.4, -0.2) is 63.2 Å². The molecule has 0 radical (unpaired) electrons. The van der Waals surface area contributed by atoms with E-state index in [2.05, 4.69) is 5.32 Å². The van der Waals surface area contributed by atoms with Crippen LogP contribution in [0, 0.1) is 0 Å². The summed E-state index contributed by atoms with van der Waals surface area (Å²) in [7, 11) is 1.85. The summed E-state index contributed by atoms with van der Waals surface area (Å²) in [5.41, 5.74) is 0.773. The smallest absolute Gasteiger partial charge is 0.279 e. The number of nitrogens with one attached hydrogen (secondary N) is 2. The Labute approximate surface area is 124 Å². The fourth-order valence-electron chi connectivity index (χ4n) is 2.25. The molecule has 1 aliphatic heterocycles. The van der Waals surface area contributed by atoms with Crippen molar-refractivity contribution < 1.29 is 19.2 Å². The average molecular weight is 292 g/mol. The largest absolute Gasteiger partial charge is 0.378 e. The van der Waals surface area contributed by atoms with Crippen LogP contribution in [0.2, 0.25) is 0 Å². The maximum Gasteiger partial charge on any atom is 0.279 e. The molecule has 0 aromatic heterocycles. The normalized spacial score (nSPS) is 16.3. The molecule has 0 saturated carbocycles. The van der Waals surface area contributed by atoms with Crippen LogP contribution in [0.5, 0.6) is 0 Å². The molecule has 1 aliphatic rings. The molecule has 2 rings (SSSR count). The SMILES string of the molecule is C[NH+](CC(=O)Nc1ccccc1)CC(=O)N1CCOCC1. The highest BCUT2D eigenvalue weighted by molar-refractivity contribution is 5.91. The number of para-hydroxylation sites is 1. The lowest BCUT2D eigenvalue weighted by Crippen LogP contribution is -3.11. The van der Waals surface area contributed by atoms with Crippen molar-refractivity contribution in [3.05, 3.63) is 30.3 Å². The molecule has 0 spiro atoms. The number of quaternary nitrogens is 1. The van der Waals surface area contributed by atoms with Crippen LogP contribution >= 0.6 is 0 Å². The summed E-state index contributed by atoms with van der Waals surface area (Å²) in [5.74, 6) is -0.0169. The van der Waals surface area contributed by atoms with Crippen LogP contribution in [0.25, 0.3) is 0 Å². The Morgan fingerprint density at radius 1 is 1.19 bits per heavy atom. The van der Waals surface area contributed by atoms with Crippen molar-refractivity contribution in [1.29, 1.82) is 0 Å². The second-order valence-electron chi connectivity index (χ2n) is 5.22. The van der Waals surface area contributed by atoms with Crippen LogP contribution in [0.3, 0.4) is 0 Å². The number of carbonyl (C=O) groups is 2. The Morgan fingerprint density at radius 2 is 1.86 bits per heavy atom. The van der Waals surface area contributed by atoms with Gasteiger partial charge in [0.15, 0.2) is 13.1 Å². The molecule has 0 aliphatic carbocycles. The van der Waals surface area contributed by atoms with Crippen LogP contribution in [0.15, 0.2) is 30.3 Å². The second kappa shape index (κ2) is 7.75. The molecule has 1 atom stereocenters. The molecule has 2 N–H and O–H groups in total. The van der Waals surface area contributed by atoms with E-state index < -0.39 is 0 Å². The van der Waals surface area contributed by atoms with Crippen LogP contribution < -0.4 is 10.2 Å². The Kier molecular flexibility index (Phi) is 5.71. The van der Waals surface area contributed by atoms with Gasteiger partial charge in [0.2, 0.25) is 0 Å². The molecule has 1 unspecified atom stereocenters. The Balaban J connectivity index is 1.74. The first-order valence-electron chi connectivity index (χ1n) is 7.17. The van der Waals surface area contributed by atoms with Crippen molar-refractivity contribution in [3.63, 3.8) is 0 Å². The van der Waals surface area contributed by atoms with Gasteiger partial charge in [0.25, 0.3) is 11.8 Å². The summed E-state index contributed by atoms with van der Waals surface area (Å²) in [6.45, 7) is 3.07. The number of hydrogen-bond donors (Lipinski definition) is 2. The number of nitrogens with zero attached hydrogens (tertiary/aromatic N) is 1. The summed E-state index contributed by atoms with van der Waals surface area (Å²) >= 11 is 0. The Hall–Kier alpha value is -1.92. The molecule has 1 heterocycles. The quantitative estimate of drug-likeness (QED) is 0.732.